The van der Waals surface area contributed by atoms with Gasteiger partial charge in [-0.15, -0.1) is 0 Å². The standard InChI is InChI=1S/C20H29N3O4/c1-26-14-6-10-21-19(24)15-17-20(25)22-11-13-23(17)12-5-8-16-7-3-4-9-18(16)27-2/h3-5,7-9,17H,6,10-15H2,1-2H3,(H,21,24)(H,22,25)/b8-5+/t17-/m1/s1. The molecule has 0 aliphatic carbocycles. The maximum Gasteiger partial charge on any atom is 0.237 e. The van der Waals surface area contributed by atoms with Gasteiger partial charge in [0.1, 0.15) is 5.75 Å². The lowest BCUT2D eigenvalue weighted by Gasteiger charge is -2.33. The van der Waals surface area contributed by atoms with Gasteiger partial charge in [-0.1, -0.05) is 30.4 Å². The quantitative estimate of drug-likeness (QED) is 0.598. The molecule has 1 aromatic rings. The molecule has 27 heavy (non-hydrogen) atoms. The molecule has 0 spiro atoms. The molecule has 2 N–H and O–H groups in total. The fourth-order valence-electron chi connectivity index (χ4n) is 3.01. The lowest BCUT2D eigenvalue weighted by molar-refractivity contribution is -0.133. The van der Waals surface area contributed by atoms with Gasteiger partial charge in [0.2, 0.25) is 11.8 Å². The van der Waals surface area contributed by atoms with Gasteiger partial charge in [0.05, 0.1) is 19.6 Å². The van der Waals surface area contributed by atoms with Gasteiger partial charge in [0.15, 0.2) is 0 Å². The molecule has 2 amide bonds. The highest BCUT2D eigenvalue weighted by Gasteiger charge is 2.30. The molecule has 7 nitrogen and oxygen atoms in total. The summed E-state index contributed by atoms with van der Waals surface area (Å²) in [6.07, 6.45) is 4.89. The van der Waals surface area contributed by atoms with Crippen LogP contribution in [0.1, 0.15) is 18.4 Å². The van der Waals surface area contributed by atoms with E-state index in [0.717, 1.165) is 17.7 Å². The molecule has 1 aliphatic rings. The Morgan fingerprint density at radius 1 is 1.37 bits per heavy atom. The number of carbonyl (C=O) groups is 2. The number of piperazine rings is 1. The number of carbonyl (C=O) groups excluding carboxylic acids is 2. The summed E-state index contributed by atoms with van der Waals surface area (Å²) in [4.78, 5) is 26.4. The van der Waals surface area contributed by atoms with Gasteiger partial charge < -0.3 is 20.1 Å². The van der Waals surface area contributed by atoms with E-state index >= 15 is 0 Å². The van der Waals surface area contributed by atoms with Gasteiger partial charge in [-0.2, -0.15) is 0 Å². The van der Waals surface area contributed by atoms with Crippen LogP contribution in [0.15, 0.2) is 30.3 Å². The average Bonchev–Trinajstić information content (AvgIpc) is 2.68. The summed E-state index contributed by atoms with van der Waals surface area (Å²) >= 11 is 0. The minimum absolute atomic E-state index is 0.0982. The smallest absolute Gasteiger partial charge is 0.237 e. The predicted octanol–water partition coefficient (Wildman–Crippen LogP) is 1.05. The van der Waals surface area contributed by atoms with Crippen molar-refractivity contribution in [2.24, 2.45) is 0 Å². The van der Waals surface area contributed by atoms with Crippen LogP contribution in [0.2, 0.25) is 0 Å². The Hall–Kier alpha value is -2.38. The summed E-state index contributed by atoms with van der Waals surface area (Å²) in [5, 5.41) is 5.69. The Bertz CT molecular complexity index is 648. The van der Waals surface area contributed by atoms with E-state index in [0.29, 0.717) is 32.8 Å². The second-order valence-corrected chi connectivity index (χ2v) is 6.35. The zero-order valence-electron chi connectivity index (χ0n) is 16.1. The molecule has 0 aromatic heterocycles. The number of rotatable bonds is 10. The third-order valence-electron chi connectivity index (χ3n) is 4.44. The topological polar surface area (TPSA) is 79.9 Å². The highest BCUT2D eigenvalue weighted by Crippen LogP contribution is 2.19. The molecule has 2 rings (SSSR count). The van der Waals surface area contributed by atoms with E-state index in [1.165, 1.54) is 0 Å². The van der Waals surface area contributed by atoms with Gasteiger partial charge in [0, 0.05) is 45.5 Å². The van der Waals surface area contributed by atoms with Gasteiger partial charge in [-0.25, -0.2) is 0 Å². The number of nitrogens with zero attached hydrogens (tertiary/aromatic N) is 1. The third kappa shape index (κ3) is 6.69. The van der Waals surface area contributed by atoms with Crippen molar-refractivity contribution in [2.45, 2.75) is 18.9 Å². The normalized spacial score (nSPS) is 17.7. The fraction of sp³-hybridized carbons (Fsp3) is 0.500. The second kappa shape index (κ2) is 11.4. The van der Waals surface area contributed by atoms with Crippen LogP contribution in [0.4, 0.5) is 0 Å². The summed E-state index contributed by atoms with van der Waals surface area (Å²) in [7, 11) is 3.27. The molecule has 1 fully saturated rings. The minimum Gasteiger partial charge on any atom is -0.496 e. The van der Waals surface area contributed by atoms with Gasteiger partial charge in [-0.3, -0.25) is 14.5 Å². The predicted molar refractivity (Wildman–Crippen MR) is 105 cm³/mol. The van der Waals surface area contributed by atoms with E-state index < -0.39 is 6.04 Å². The molecule has 0 saturated carbocycles. The minimum atomic E-state index is -0.455. The van der Waals surface area contributed by atoms with E-state index in [2.05, 4.69) is 10.6 Å². The number of amides is 2. The van der Waals surface area contributed by atoms with Crippen LogP contribution in [-0.4, -0.2) is 69.8 Å². The Morgan fingerprint density at radius 3 is 2.96 bits per heavy atom. The van der Waals surface area contributed by atoms with E-state index in [1.807, 2.05) is 41.3 Å². The second-order valence-electron chi connectivity index (χ2n) is 6.35. The van der Waals surface area contributed by atoms with Crippen molar-refractivity contribution in [3.05, 3.63) is 35.9 Å². The molecule has 0 bridgehead atoms. The summed E-state index contributed by atoms with van der Waals surface area (Å²) in [6, 6.07) is 7.30. The van der Waals surface area contributed by atoms with Crippen LogP contribution in [0.5, 0.6) is 5.75 Å². The number of ether oxygens (including phenoxy) is 2. The van der Waals surface area contributed by atoms with Crippen molar-refractivity contribution < 1.29 is 19.1 Å². The highest BCUT2D eigenvalue weighted by atomic mass is 16.5. The maximum atomic E-state index is 12.3. The lowest BCUT2D eigenvalue weighted by atomic mass is 10.1. The number of para-hydroxylation sites is 1. The fourth-order valence-corrected chi connectivity index (χ4v) is 3.01. The monoisotopic (exact) mass is 375 g/mol. The first-order chi connectivity index (χ1) is 13.2. The molecular formula is C20H29N3O4. The van der Waals surface area contributed by atoms with Crippen molar-refractivity contribution in [2.75, 3.05) is 47.0 Å². The first-order valence-electron chi connectivity index (χ1n) is 9.22. The van der Waals surface area contributed by atoms with Crippen LogP contribution >= 0.6 is 0 Å². The van der Waals surface area contributed by atoms with E-state index in [1.54, 1.807) is 14.2 Å². The SMILES string of the molecule is COCCCNC(=O)C[C@@H]1C(=O)NCCN1C/C=C/c1ccccc1OC. The largest absolute Gasteiger partial charge is 0.496 e. The van der Waals surface area contributed by atoms with E-state index in [-0.39, 0.29) is 18.2 Å². The molecule has 1 heterocycles. The molecule has 148 valence electrons. The zero-order valence-corrected chi connectivity index (χ0v) is 16.1. The number of benzene rings is 1. The van der Waals surface area contributed by atoms with Crippen LogP contribution in [0.3, 0.4) is 0 Å². The first-order valence-corrected chi connectivity index (χ1v) is 9.22. The molecular weight excluding hydrogens is 346 g/mol. The Balaban J connectivity index is 1.91. The van der Waals surface area contributed by atoms with Gasteiger partial charge >= 0.3 is 0 Å². The summed E-state index contributed by atoms with van der Waals surface area (Å²) in [5.41, 5.74) is 0.980. The molecule has 0 unspecified atom stereocenters. The van der Waals surface area contributed by atoms with Crippen LogP contribution in [0, 0.1) is 0 Å². The Morgan fingerprint density at radius 2 is 2.19 bits per heavy atom. The van der Waals surface area contributed by atoms with Gasteiger partial charge in [-0.05, 0) is 12.5 Å². The molecule has 7 heteroatoms. The third-order valence-corrected chi connectivity index (χ3v) is 4.44. The van der Waals surface area contributed by atoms with Crippen molar-refractivity contribution in [1.82, 2.24) is 15.5 Å². The van der Waals surface area contributed by atoms with E-state index in [4.69, 9.17) is 9.47 Å². The van der Waals surface area contributed by atoms with Crippen LogP contribution < -0.4 is 15.4 Å². The molecule has 1 aromatic carbocycles. The number of hydrogen-bond acceptors (Lipinski definition) is 5. The highest BCUT2D eigenvalue weighted by molar-refractivity contribution is 5.88. The Labute approximate surface area is 160 Å². The molecule has 1 aliphatic heterocycles. The molecule has 1 atom stereocenters. The Kier molecular flexibility index (Phi) is 8.80. The lowest BCUT2D eigenvalue weighted by Crippen LogP contribution is -2.56. The maximum absolute atomic E-state index is 12.3. The zero-order chi connectivity index (χ0) is 19.5. The van der Waals surface area contributed by atoms with Gasteiger partial charge in [0.25, 0.3) is 0 Å². The summed E-state index contributed by atoms with van der Waals surface area (Å²) < 4.78 is 10.3. The van der Waals surface area contributed by atoms with E-state index in [9.17, 15) is 9.59 Å². The van der Waals surface area contributed by atoms with Crippen molar-refractivity contribution in [3.8, 4) is 5.75 Å². The van der Waals surface area contributed by atoms with Crippen molar-refractivity contribution in [1.29, 1.82) is 0 Å². The number of nitrogens with one attached hydrogen (secondary N) is 2. The van der Waals surface area contributed by atoms with Crippen LogP contribution in [0.25, 0.3) is 6.08 Å². The van der Waals surface area contributed by atoms with Crippen molar-refractivity contribution >= 4 is 17.9 Å². The molecule has 1 saturated heterocycles. The van der Waals surface area contributed by atoms with Crippen LogP contribution in [-0.2, 0) is 14.3 Å². The molecule has 0 radical (unpaired) electrons. The average molecular weight is 375 g/mol. The number of methoxy groups -OCH3 is 2. The first kappa shape index (κ1) is 20.9. The summed E-state index contributed by atoms with van der Waals surface area (Å²) in [6.45, 7) is 3.04. The number of hydrogen-bond donors (Lipinski definition) is 2. The van der Waals surface area contributed by atoms with Crippen molar-refractivity contribution in [3.63, 3.8) is 0 Å². The summed E-state index contributed by atoms with van der Waals surface area (Å²) in [5.74, 6) is 0.586.